The number of rotatable bonds is 13. The van der Waals surface area contributed by atoms with Gasteiger partial charge in [0, 0.05) is 25.9 Å². The highest BCUT2D eigenvalue weighted by molar-refractivity contribution is 5.80. The first-order valence-corrected chi connectivity index (χ1v) is 9.47. The molecule has 0 aromatic heterocycles. The van der Waals surface area contributed by atoms with Gasteiger partial charge in [0.2, 0.25) is 0 Å². The van der Waals surface area contributed by atoms with Crippen LogP contribution in [-0.4, -0.2) is 43.3 Å². The smallest absolute Gasteiger partial charge is 0.137 e. The minimum atomic E-state index is -0.579. The first kappa shape index (κ1) is 20.9. The Kier molecular flexibility index (Phi) is 9.38. The minimum absolute atomic E-state index is 0.246. The molecule has 146 valence electrons. The van der Waals surface area contributed by atoms with Crippen LogP contribution in [0, 0.1) is 0 Å². The van der Waals surface area contributed by atoms with Crippen molar-refractivity contribution in [1.82, 2.24) is 5.32 Å². The number of para-hydroxylation sites is 1. The van der Waals surface area contributed by atoms with Crippen molar-refractivity contribution in [2.24, 2.45) is 0 Å². The third kappa shape index (κ3) is 8.71. The maximum absolute atomic E-state index is 11.7. The first-order valence-electron chi connectivity index (χ1n) is 9.47. The van der Waals surface area contributed by atoms with Crippen molar-refractivity contribution in [3.05, 3.63) is 60.2 Å². The van der Waals surface area contributed by atoms with Gasteiger partial charge in [-0.3, -0.25) is 4.79 Å². The van der Waals surface area contributed by atoms with Gasteiger partial charge in [-0.25, -0.2) is 0 Å². The Morgan fingerprint density at radius 2 is 1.74 bits per heavy atom. The molecule has 0 fully saturated rings. The van der Waals surface area contributed by atoms with Gasteiger partial charge >= 0.3 is 0 Å². The highest BCUT2D eigenvalue weighted by atomic mass is 16.5. The van der Waals surface area contributed by atoms with E-state index in [9.17, 15) is 9.90 Å². The van der Waals surface area contributed by atoms with E-state index in [0.29, 0.717) is 32.5 Å². The van der Waals surface area contributed by atoms with Gasteiger partial charge in [0.05, 0.1) is 0 Å². The third-order valence-corrected chi connectivity index (χ3v) is 3.97. The monoisotopic (exact) mass is 371 g/mol. The van der Waals surface area contributed by atoms with Gasteiger partial charge < -0.3 is 19.9 Å². The van der Waals surface area contributed by atoms with Crippen LogP contribution >= 0.6 is 0 Å². The summed E-state index contributed by atoms with van der Waals surface area (Å²) in [4.78, 5) is 11.7. The first-order chi connectivity index (χ1) is 13.2. The number of nitrogens with one attached hydrogen (secondary N) is 1. The molecule has 0 aliphatic rings. The van der Waals surface area contributed by atoms with Crippen molar-refractivity contribution < 1.29 is 19.4 Å². The van der Waals surface area contributed by atoms with Crippen LogP contribution in [-0.2, 0) is 11.2 Å². The summed E-state index contributed by atoms with van der Waals surface area (Å²) in [6.07, 6.45) is 1.43. The van der Waals surface area contributed by atoms with Crippen LogP contribution in [0.1, 0.15) is 25.3 Å². The van der Waals surface area contributed by atoms with Gasteiger partial charge in [-0.1, -0.05) is 37.3 Å². The molecular formula is C22H29NO4. The molecule has 2 rings (SSSR count). The lowest BCUT2D eigenvalue weighted by Crippen LogP contribution is -2.33. The van der Waals surface area contributed by atoms with Crippen molar-refractivity contribution in [3.8, 4) is 11.5 Å². The lowest BCUT2D eigenvalue weighted by molar-refractivity contribution is -0.118. The summed E-state index contributed by atoms with van der Waals surface area (Å²) < 4.78 is 11.2. The predicted octanol–water partition coefficient (Wildman–Crippen LogP) is 3.01. The standard InChI is InChI=1S/C22H29NO4/c1-2-6-19(24)15-18-9-11-22(12-10-18)26-14-13-23-16-20(25)17-27-21-7-4-3-5-8-21/h3-5,7-12,20,23,25H,2,6,13-17H2,1H3. The summed E-state index contributed by atoms with van der Waals surface area (Å²) in [7, 11) is 0. The molecule has 2 aromatic rings. The zero-order valence-corrected chi connectivity index (χ0v) is 15.9. The van der Waals surface area contributed by atoms with Gasteiger partial charge in [0.1, 0.15) is 36.6 Å². The Morgan fingerprint density at radius 1 is 1.04 bits per heavy atom. The summed E-state index contributed by atoms with van der Waals surface area (Å²) in [5.41, 5.74) is 1.01. The summed E-state index contributed by atoms with van der Waals surface area (Å²) in [5.74, 6) is 1.79. The van der Waals surface area contributed by atoms with E-state index < -0.39 is 6.10 Å². The molecule has 0 amide bonds. The molecule has 0 saturated carbocycles. The van der Waals surface area contributed by atoms with Crippen molar-refractivity contribution >= 4 is 5.78 Å². The molecule has 0 aliphatic heterocycles. The number of benzene rings is 2. The number of ether oxygens (including phenoxy) is 2. The van der Waals surface area contributed by atoms with Gasteiger partial charge in [-0.05, 0) is 36.2 Å². The molecule has 2 N–H and O–H groups in total. The molecule has 0 spiro atoms. The maximum Gasteiger partial charge on any atom is 0.137 e. The van der Waals surface area contributed by atoms with Gasteiger partial charge in [0.25, 0.3) is 0 Å². The average molecular weight is 371 g/mol. The lowest BCUT2D eigenvalue weighted by Gasteiger charge is -2.13. The number of carbonyl (C=O) groups is 1. The molecule has 1 atom stereocenters. The topological polar surface area (TPSA) is 67.8 Å². The van der Waals surface area contributed by atoms with Crippen LogP contribution in [0.5, 0.6) is 11.5 Å². The zero-order valence-electron chi connectivity index (χ0n) is 15.9. The van der Waals surface area contributed by atoms with Crippen LogP contribution in [0.25, 0.3) is 0 Å². The molecule has 0 heterocycles. The van der Waals surface area contributed by atoms with Crippen molar-refractivity contribution in [1.29, 1.82) is 0 Å². The van der Waals surface area contributed by atoms with E-state index in [-0.39, 0.29) is 12.4 Å². The van der Waals surface area contributed by atoms with Crippen LogP contribution in [0.3, 0.4) is 0 Å². The number of ketones is 1. The van der Waals surface area contributed by atoms with E-state index >= 15 is 0 Å². The number of carbonyl (C=O) groups excluding carboxylic acids is 1. The number of hydrogen-bond donors (Lipinski definition) is 2. The lowest BCUT2D eigenvalue weighted by atomic mass is 10.1. The van der Waals surface area contributed by atoms with Crippen molar-refractivity contribution in [2.45, 2.75) is 32.3 Å². The fourth-order valence-corrected chi connectivity index (χ4v) is 2.58. The van der Waals surface area contributed by atoms with E-state index in [0.717, 1.165) is 23.5 Å². The second-order valence-electron chi connectivity index (χ2n) is 6.44. The Labute approximate surface area is 161 Å². The fourth-order valence-electron chi connectivity index (χ4n) is 2.58. The fraction of sp³-hybridized carbons (Fsp3) is 0.409. The quantitative estimate of drug-likeness (QED) is 0.530. The van der Waals surface area contributed by atoms with E-state index in [1.807, 2.05) is 61.5 Å². The highest BCUT2D eigenvalue weighted by Crippen LogP contribution is 2.13. The second-order valence-corrected chi connectivity index (χ2v) is 6.44. The zero-order chi connectivity index (χ0) is 19.3. The van der Waals surface area contributed by atoms with Crippen LogP contribution < -0.4 is 14.8 Å². The molecule has 0 radical (unpaired) electrons. The average Bonchev–Trinajstić information content (AvgIpc) is 2.68. The van der Waals surface area contributed by atoms with E-state index in [1.54, 1.807) is 0 Å². The molecule has 27 heavy (non-hydrogen) atoms. The van der Waals surface area contributed by atoms with Crippen molar-refractivity contribution in [2.75, 3.05) is 26.3 Å². The maximum atomic E-state index is 11.7. The summed E-state index contributed by atoms with van der Waals surface area (Å²) >= 11 is 0. The predicted molar refractivity (Wildman–Crippen MR) is 106 cm³/mol. The Morgan fingerprint density at radius 3 is 2.44 bits per heavy atom. The Hall–Kier alpha value is -2.37. The number of hydrogen-bond acceptors (Lipinski definition) is 5. The molecule has 5 heteroatoms. The van der Waals surface area contributed by atoms with Crippen LogP contribution in [0.4, 0.5) is 0 Å². The van der Waals surface area contributed by atoms with Crippen molar-refractivity contribution in [3.63, 3.8) is 0 Å². The SMILES string of the molecule is CCCC(=O)Cc1ccc(OCCNCC(O)COc2ccccc2)cc1. The minimum Gasteiger partial charge on any atom is -0.492 e. The molecule has 5 nitrogen and oxygen atoms in total. The molecule has 1 unspecified atom stereocenters. The number of aliphatic hydroxyl groups excluding tert-OH is 1. The molecule has 2 aromatic carbocycles. The largest absolute Gasteiger partial charge is 0.492 e. The third-order valence-electron chi connectivity index (χ3n) is 3.97. The summed E-state index contributed by atoms with van der Waals surface area (Å²) in [6, 6.07) is 17.1. The highest BCUT2D eigenvalue weighted by Gasteiger charge is 2.05. The summed E-state index contributed by atoms with van der Waals surface area (Å²) in [6.45, 7) is 3.82. The second kappa shape index (κ2) is 12.1. The van der Waals surface area contributed by atoms with Crippen LogP contribution in [0.15, 0.2) is 54.6 Å². The van der Waals surface area contributed by atoms with Gasteiger partial charge in [-0.2, -0.15) is 0 Å². The van der Waals surface area contributed by atoms with Gasteiger partial charge in [0.15, 0.2) is 0 Å². The summed E-state index contributed by atoms with van der Waals surface area (Å²) in [5, 5.41) is 13.1. The van der Waals surface area contributed by atoms with E-state index in [4.69, 9.17) is 9.47 Å². The molecule has 0 aliphatic carbocycles. The van der Waals surface area contributed by atoms with E-state index in [2.05, 4.69) is 5.32 Å². The molecule has 0 saturated heterocycles. The van der Waals surface area contributed by atoms with Gasteiger partial charge in [-0.15, -0.1) is 0 Å². The normalized spacial score (nSPS) is 11.8. The van der Waals surface area contributed by atoms with E-state index in [1.165, 1.54) is 0 Å². The molecule has 0 bridgehead atoms. The van der Waals surface area contributed by atoms with Crippen LogP contribution in [0.2, 0.25) is 0 Å². The number of aliphatic hydroxyl groups is 1. The molecular weight excluding hydrogens is 342 g/mol. The Bertz CT molecular complexity index is 658. The Balaban J connectivity index is 1.56. The number of Topliss-reactive ketones (excluding diaryl/α,β-unsaturated/α-hetero) is 1.